The van der Waals surface area contributed by atoms with Gasteiger partial charge in [0.25, 0.3) is 5.91 Å². The first-order valence-corrected chi connectivity index (χ1v) is 7.17. The van der Waals surface area contributed by atoms with Gasteiger partial charge < -0.3 is 26.6 Å². The van der Waals surface area contributed by atoms with Gasteiger partial charge in [0.15, 0.2) is 25.0 Å². The van der Waals surface area contributed by atoms with Gasteiger partial charge in [-0.1, -0.05) is 30.3 Å². The van der Waals surface area contributed by atoms with Crippen LogP contribution in [-0.2, 0) is 11.3 Å². The van der Waals surface area contributed by atoms with Gasteiger partial charge in [-0.3, -0.25) is 4.79 Å². The minimum atomic E-state index is -0.333. The molecule has 1 amide bonds. The number of hydrogen-bond donors (Lipinski definition) is 0. The molecule has 1 saturated heterocycles. The fourth-order valence-electron chi connectivity index (χ4n) is 2.49. The number of rotatable bonds is 4. The number of pyridine rings is 1. The molecule has 4 nitrogen and oxygen atoms in total. The van der Waals surface area contributed by atoms with E-state index in [1.54, 1.807) is 4.90 Å². The topological polar surface area (TPSA) is 33.4 Å². The van der Waals surface area contributed by atoms with Crippen LogP contribution in [0, 0.1) is 0 Å². The van der Waals surface area contributed by atoms with E-state index >= 15 is 0 Å². The van der Waals surface area contributed by atoms with Crippen LogP contribution in [-0.4, -0.2) is 30.5 Å². The SMILES string of the molecule is CN1CCC(Oc2cc[n+](Cc3ccccc3)cc2)C1=O.[Br-]. The molecule has 5 heteroatoms. The highest BCUT2D eigenvalue weighted by molar-refractivity contribution is 5.83. The Morgan fingerprint density at radius 3 is 2.45 bits per heavy atom. The van der Waals surface area contributed by atoms with Crippen molar-refractivity contribution in [2.24, 2.45) is 0 Å². The van der Waals surface area contributed by atoms with E-state index in [9.17, 15) is 4.79 Å². The molecular weight excluding hydrogens is 344 g/mol. The van der Waals surface area contributed by atoms with E-state index < -0.39 is 0 Å². The molecule has 1 fully saturated rings. The molecule has 3 rings (SSSR count). The van der Waals surface area contributed by atoms with E-state index in [-0.39, 0.29) is 29.0 Å². The number of benzene rings is 1. The van der Waals surface area contributed by atoms with Crippen LogP contribution in [0.3, 0.4) is 0 Å². The van der Waals surface area contributed by atoms with Gasteiger partial charge in [0.1, 0.15) is 5.75 Å². The minimum absolute atomic E-state index is 0. The standard InChI is InChI=1S/C17H19N2O2.BrH/c1-18-10-9-16(17(18)20)21-15-7-11-19(12-8-15)13-14-5-3-2-4-6-14;/h2-8,11-12,16H,9-10,13H2,1H3;1H/q+1;/p-1. The zero-order valence-corrected chi connectivity index (χ0v) is 14.1. The molecule has 2 heterocycles. The Morgan fingerprint density at radius 2 is 1.86 bits per heavy atom. The summed E-state index contributed by atoms with van der Waals surface area (Å²) < 4.78 is 7.85. The van der Waals surface area contributed by atoms with Gasteiger partial charge in [0.05, 0.1) is 0 Å². The lowest BCUT2D eigenvalue weighted by Gasteiger charge is -2.12. The van der Waals surface area contributed by atoms with Gasteiger partial charge in [-0.25, -0.2) is 4.57 Å². The predicted molar refractivity (Wildman–Crippen MR) is 78.9 cm³/mol. The Kier molecular flexibility index (Phi) is 5.55. The Hall–Kier alpha value is -1.88. The second kappa shape index (κ2) is 7.40. The molecule has 0 bridgehead atoms. The monoisotopic (exact) mass is 362 g/mol. The number of ether oxygens (including phenoxy) is 1. The minimum Gasteiger partial charge on any atom is -1.00 e. The average Bonchev–Trinajstić information content (AvgIpc) is 2.82. The highest BCUT2D eigenvalue weighted by Crippen LogP contribution is 2.17. The maximum atomic E-state index is 11.8. The fraction of sp³-hybridized carbons (Fsp3) is 0.294. The van der Waals surface area contributed by atoms with Crippen molar-refractivity contribution in [2.75, 3.05) is 13.6 Å². The van der Waals surface area contributed by atoms with E-state index in [4.69, 9.17) is 4.74 Å². The zero-order valence-electron chi connectivity index (χ0n) is 12.5. The lowest BCUT2D eigenvalue weighted by molar-refractivity contribution is -0.688. The number of amides is 1. The van der Waals surface area contributed by atoms with Gasteiger partial charge >= 0.3 is 0 Å². The molecule has 1 aromatic heterocycles. The summed E-state index contributed by atoms with van der Waals surface area (Å²) in [5.41, 5.74) is 1.25. The van der Waals surface area contributed by atoms with Crippen molar-refractivity contribution < 1.29 is 31.1 Å². The normalized spacial score (nSPS) is 17.2. The van der Waals surface area contributed by atoms with Crippen molar-refractivity contribution >= 4 is 5.91 Å². The molecule has 0 saturated carbocycles. The van der Waals surface area contributed by atoms with Crippen LogP contribution in [0.4, 0.5) is 0 Å². The van der Waals surface area contributed by atoms with Gasteiger partial charge in [-0.05, 0) is 0 Å². The molecule has 22 heavy (non-hydrogen) atoms. The van der Waals surface area contributed by atoms with E-state index in [0.717, 1.165) is 25.3 Å². The Labute approximate surface area is 141 Å². The van der Waals surface area contributed by atoms with Crippen molar-refractivity contribution in [3.63, 3.8) is 0 Å². The van der Waals surface area contributed by atoms with E-state index in [2.05, 4.69) is 16.7 Å². The largest absolute Gasteiger partial charge is 1.00 e. The summed E-state index contributed by atoms with van der Waals surface area (Å²) in [5.74, 6) is 0.809. The summed E-state index contributed by atoms with van der Waals surface area (Å²) in [4.78, 5) is 13.5. The van der Waals surface area contributed by atoms with Crippen molar-refractivity contribution in [2.45, 2.75) is 19.1 Å². The zero-order chi connectivity index (χ0) is 14.7. The van der Waals surface area contributed by atoms with Crippen LogP contribution in [0.25, 0.3) is 0 Å². The maximum Gasteiger partial charge on any atom is 0.263 e. The number of nitrogens with zero attached hydrogens (tertiary/aromatic N) is 2. The predicted octanol–water partition coefficient (Wildman–Crippen LogP) is -1.36. The van der Waals surface area contributed by atoms with Crippen molar-refractivity contribution in [1.29, 1.82) is 0 Å². The molecule has 0 radical (unpaired) electrons. The van der Waals surface area contributed by atoms with Gasteiger partial charge in [0.2, 0.25) is 0 Å². The van der Waals surface area contributed by atoms with E-state index in [1.165, 1.54) is 5.56 Å². The molecule has 1 atom stereocenters. The number of halogens is 1. The first-order valence-electron chi connectivity index (χ1n) is 7.17. The van der Waals surface area contributed by atoms with Crippen molar-refractivity contribution in [3.05, 3.63) is 60.4 Å². The molecule has 0 N–H and O–H groups in total. The molecule has 0 aliphatic carbocycles. The Morgan fingerprint density at radius 1 is 1.18 bits per heavy atom. The maximum absolute atomic E-state index is 11.8. The van der Waals surface area contributed by atoms with E-state index in [0.29, 0.717) is 0 Å². The molecule has 0 spiro atoms. The summed E-state index contributed by atoms with van der Waals surface area (Å²) in [6, 6.07) is 14.1. The molecule has 1 aliphatic heterocycles. The first-order chi connectivity index (χ1) is 10.2. The Balaban J connectivity index is 0.00000176. The van der Waals surface area contributed by atoms with Crippen molar-refractivity contribution in [1.82, 2.24) is 4.90 Å². The molecular formula is C17H19BrN2O2. The molecule has 1 aliphatic rings. The van der Waals surface area contributed by atoms with E-state index in [1.807, 2.05) is 49.8 Å². The summed E-state index contributed by atoms with van der Waals surface area (Å²) in [7, 11) is 1.81. The number of likely N-dealkylation sites (tertiary alicyclic amines) is 1. The molecule has 116 valence electrons. The number of aromatic nitrogens is 1. The number of likely N-dealkylation sites (N-methyl/N-ethyl adjacent to an activating group) is 1. The van der Waals surface area contributed by atoms with Crippen LogP contribution in [0.5, 0.6) is 5.75 Å². The molecule has 1 unspecified atom stereocenters. The third-order valence-electron chi connectivity index (χ3n) is 3.73. The second-order valence-electron chi connectivity index (χ2n) is 5.35. The van der Waals surface area contributed by atoms with Crippen LogP contribution >= 0.6 is 0 Å². The fourth-order valence-corrected chi connectivity index (χ4v) is 2.49. The number of hydrogen-bond acceptors (Lipinski definition) is 2. The summed E-state index contributed by atoms with van der Waals surface area (Å²) >= 11 is 0. The van der Waals surface area contributed by atoms with Gasteiger partial charge in [-0.15, -0.1) is 0 Å². The summed E-state index contributed by atoms with van der Waals surface area (Å²) in [6.07, 6.45) is 4.38. The van der Waals surface area contributed by atoms with Crippen molar-refractivity contribution in [3.8, 4) is 5.75 Å². The Bertz CT molecular complexity index is 616. The highest BCUT2D eigenvalue weighted by Gasteiger charge is 2.30. The lowest BCUT2D eigenvalue weighted by atomic mass is 10.2. The van der Waals surface area contributed by atoms with Crippen LogP contribution in [0.15, 0.2) is 54.9 Å². The molecule has 1 aromatic carbocycles. The first kappa shape index (κ1) is 16.5. The third kappa shape index (κ3) is 3.85. The van der Waals surface area contributed by atoms with Crippen LogP contribution in [0.1, 0.15) is 12.0 Å². The lowest BCUT2D eigenvalue weighted by Crippen LogP contribution is -3.00. The third-order valence-corrected chi connectivity index (χ3v) is 3.73. The summed E-state index contributed by atoms with van der Waals surface area (Å²) in [5, 5.41) is 0. The van der Waals surface area contributed by atoms with Gasteiger partial charge in [-0.2, -0.15) is 0 Å². The number of carbonyl (C=O) groups is 1. The van der Waals surface area contributed by atoms with Crippen LogP contribution in [0.2, 0.25) is 0 Å². The highest BCUT2D eigenvalue weighted by atomic mass is 79.9. The summed E-state index contributed by atoms with van der Waals surface area (Å²) in [6.45, 7) is 1.59. The number of carbonyl (C=O) groups excluding carboxylic acids is 1. The molecule has 2 aromatic rings. The van der Waals surface area contributed by atoms with Crippen LogP contribution < -0.4 is 26.3 Å². The average molecular weight is 363 g/mol. The smallest absolute Gasteiger partial charge is 0.263 e. The quantitative estimate of drug-likeness (QED) is 0.629. The van der Waals surface area contributed by atoms with Gasteiger partial charge in [0, 0.05) is 37.7 Å². The second-order valence-corrected chi connectivity index (χ2v) is 5.35.